The molecule has 0 aromatic heterocycles. The van der Waals surface area contributed by atoms with Crippen molar-refractivity contribution >= 4 is 5.97 Å². The summed E-state index contributed by atoms with van der Waals surface area (Å²) in [6.45, 7) is 5.11. The van der Waals surface area contributed by atoms with Gasteiger partial charge < -0.3 is 4.74 Å². The van der Waals surface area contributed by atoms with E-state index in [-0.39, 0.29) is 0 Å². The second-order valence-electron chi connectivity index (χ2n) is 1.50. The van der Waals surface area contributed by atoms with Gasteiger partial charge in [-0.25, -0.2) is 4.79 Å². The second-order valence-corrected chi connectivity index (χ2v) is 1.50. The van der Waals surface area contributed by atoms with Gasteiger partial charge in [0, 0.05) is 6.08 Å². The van der Waals surface area contributed by atoms with Gasteiger partial charge in [0.2, 0.25) is 0 Å². The highest BCUT2D eigenvalue weighted by Gasteiger charge is 1.86. The zero-order chi connectivity index (χ0) is 7.82. The third kappa shape index (κ3) is 4.84. The van der Waals surface area contributed by atoms with E-state index in [0.717, 1.165) is 6.08 Å². The summed E-state index contributed by atoms with van der Waals surface area (Å²) >= 11 is 0. The Bertz CT molecular complexity index is 166. The highest BCUT2D eigenvalue weighted by atomic mass is 16.5. The second kappa shape index (κ2) is 5.82. The zero-order valence-corrected chi connectivity index (χ0v) is 5.91. The molecular weight excluding hydrogens is 128 g/mol. The van der Waals surface area contributed by atoms with Crippen LogP contribution in [0.4, 0.5) is 0 Å². The summed E-state index contributed by atoms with van der Waals surface area (Å²) in [6, 6.07) is 0. The van der Waals surface area contributed by atoms with Gasteiger partial charge in [0.15, 0.2) is 0 Å². The maximum Gasteiger partial charge on any atom is 0.334 e. The molecule has 0 aliphatic heterocycles. The molecule has 0 radical (unpaired) electrons. The summed E-state index contributed by atoms with van der Waals surface area (Å²) < 4.78 is 4.50. The van der Waals surface area contributed by atoms with Crippen LogP contribution >= 0.6 is 0 Å². The van der Waals surface area contributed by atoms with Crippen LogP contribution in [-0.2, 0) is 9.53 Å². The number of ether oxygens (including phenoxy) is 1. The molecule has 0 aromatic rings. The van der Waals surface area contributed by atoms with Crippen LogP contribution < -0.4 is 0 Å². The minimum absolute atomic E-state index is 0.444. The van der Waals surface area contributed by atoms with E-state index in [0.29, 0.717) is 0 Å². The largest absolute Gasteiger partial charge is 0.431 e. The molecule has 0 N–H and O–H groups in total. The number of carbonyl (C=O) groups excluding carboxylic acids is 1. The quantitative estimate of drug-likeness (QED) is 0.257. The highest BCUT2D eigenvalue weighted by Crippen LogP contribution is 1.82. The van der Waals surface area contributed by atoms with Gasteiger partial charge in [-0.3, -0.25) is 0 Å². The standard InChI is InChI=1S/C8H10O2/c1-3-5-6-7-10-8(9)4-2/h3-7H,2H2,1H3. The number of allylic oxidation sites excluding steroid dienone is 3. The lowest BCUT2D eigenvalue weighted by molar-refractivity contribution is -0.132. The van der Waals surface area contributed by atoms with Gasteiger partial charge in [-0.15, -0.1) is 0 Å². The Labute approximate surface area is 60.5 Å². The Morgan fingerprint density at radius 2 is 2.20 bits per heavy atom. The molecule has 0 atom stereocenters. The summed E-state index contributed by atoms with van der Waals surface area (Å²) in [6.07, 6.45) is 7.64. The van der Waals surface area contributed by atoms with E-state index in [4.69, 9.17) is 0 Å². The molecule has 0 saturated carbocycles. The fraction of sp³-hybridized carbons (Fsp3) is 0.125. The SMILES string of the molecule is C=CC(=O)OC=CC=CC. The minimum Gasteiger partial charge on any atom is -0.431 e. The first-order valence-corrected chi connectivity index (χ1v) is 2.92. The van der Waals surface area contributed by atoms with Gasteiger partial charge >= 0.3 is 5.97 Å². The van der Waals surface area contributed by atoms with Crippen LogP contribution in [0.5, 0.6) is 0 Å². The molecule has 0 spiro atoms. The Hall–Kier alpha value is -1.31. The van der Waals surface area contributed by atoms with E-state index in [2.05, 4.69) is 11.3 Å². The summed E-state index contributed by atoms with van der Waals surface area (Å²) in [5.41, 5.74) is 0. The molecule has 0 aliphatic carbocycles. The first kappa shape index (κ1) is 8.69. The lowest BCUT2D eigenvalue weighted by atomic mass is 10.5. The molecule has 2 nitrogen and oxygen atoms in total. The summed E-state index contributed by atoms with van der Waals surface area (Å²) in [7, 11) is 0. The van der Waals surface area contributed by atoms with Crippen LogP contribution in [0.15, 0.2) is 37.1 Å². The minimum atomic E-state index is -0.444. The van der Waals surface area contributed by atoms with Crippen molar-refractivity contribution in [3.8, 4) is 0 Å². The number of hydrogen-bond donors (Lipinski definition) is 0. The van der Waals surface area contributed by atoms with Crippen molar-refractivity contribution in [2.75, 3.05) is 0 Å². The zero-order valence-electron chi connectivity index (χ0n) is 5.91. The average Bonchev–Trinajstić information content (AvgIpc) is 1.98. The van der Waals surface area contributed by atoms with Gasteiger partial charge in [-0.05, 0) is 13.0 Å². The van der Waals surface area contributed by atoms with Gasteiger partial charge in [-0.1, -0.05) is 18.7 Å². The van der Waals surface area contributed by atoms with Crippen molar-refractivity contribution in [3.05, 3.63) is 37.1 Å². The molecule has 0 unspecified atom stereocenters. The molecule has 0 heterocycles. The molecule has 0 fully saturated rings. The maximum absolute atomic E-state index is 10.4. The van der Waals surface area contributed by atoms with Crippen molar-refractivity contribution in [2.45, 2.75) is 6.92 Å². The van der Waals surface area contributed by atoms with E-state index in [9.17, 15) is 4.79 Å². The lowest BCUT2D eigenvalue weighted by Gasteiger charge is -1.87. The van der Waals surface area contributed by atoms with Gasteiger partial charge in [0.1, 0.15) is 0 Å². The highest BCUT2D eigenvalue weighted by molar-refractivity contribution is 5.81. The van der Waals surface area contributed by atoms with Crippen molar-refractivity contribution in [1.82, 2.24) is 0 Å². The summed E-state index contributed by atoms with van der Waals surface area (Å²) in [5, 5.41) is 0. The Kier molecular flexibility index (Phi) is 5.06. The Morgan fingerprint density at radius 1 is 1.50 bits per heavy atom. The third-order valence-corrected chi connectivity index (χ3v) is 0.733. The molecule has 0 rings (SSSR count). The number of esters is 1. The van der Waals surface area contributed by atoms with E-state index in [1.54, 1.807) is 12.2 Å². The van der Waals surface area contributed by atoms with Crippen molar-refractivity contribution in [2.24, 2.45) is 0 Å². The van der Waals surface area contributed by atoms with Gasteiger partial charge in [-0.2, -0.15) is 0 Å². The smallest absolute Gasteiger partial charge is 0.334 e. The number of hydrogen-bond acceptors (Lipinski definition) is 2. The predicted molar refractivity (Wildman–Crippen MR) is 40.2 cm³/mol. The number of carbonyl (C=O) groups is 1. The van der Waals surface area contributed by atoms with Crippen molar-refractivity contribution in [1.29, 1.82) is 0 Å². The van der Waals surface area contributed by atoms with Crippen LogP contribution in [-0.4, -0.2) is 5.97 Å². The molecule has 0 saturated heterocycles. The fourth-order valence-electron chi connectivity index (χ4n) is 0.311. The van der Waals surface area contributed by atoms with Crippen molar-refractivity contribution in [3.63, 3.8) is 0 Å². The van der Waals surface area contributed by atoms with Crippen LogP contribution in [0.3, 0.4) is 0 Å². The maximum atomic E-state index is 10.4. The average molecular weight is 138 g/mol. The molecular formula is C8H10O2. The van der Waals surface area contributed by atoms with E-state index >= 15 is 0 Å². The first-order valence-electron chi connectivity index (χ1n) is 2.92. The van der Waals surface area contributed by atoms with Crippen LogP contribution in [0.1, 0.15) is 6.92 Å². The number of rotatable bonds is 3. The lowest BCUT2D eigenvalue weighted by Crippen LogP contribution is -1.91. The Morgan fingerprint density at radius 3 is 2.70 bits per heavy atom. The first-order chi connectivity index (χ1) is 4.81. The van der Waals surface area contributed by atoms with Crippen LogP contribution in [0.2, 0.25) is 0 Å². The molecule has 0 aromatic carbocycles. The Balaban J connectivity index is 3.52. The molecule has 0 bridgehead atoms. The van der Waals surface area contributed by atoms with Crippen molar-refractivity contribution < 1.29 is 9.53 Å². The fourth-order valence-corrected chi connectivity index (χ4v) is 0.311. The third-order valence-electron chi connectivity index (χ3n) is 0.733. The molecule has 0 amide bonds. The van der Waals surface area contributed by atoms with E-state index in [1.165, 1.54) is 6.26 Å². The van der Waals surface area contributed by atoms with Crippen LogP contribution in [0, 0.1) is 0 Å². The summed E-state index contributed by atoms with van der Waals surface area (Å²) in [4.78, 5) is 10.4. The van der Waals surface area contributed by atoms with Crippen LogP contribution in [0.25, 0.3) is 0 Å². The van der Waals surface area contributed by atoms with E-state index < -0.39 is 5.97 Å². The topological polar surface area (TPSA) is 26.3 Å². The van der Waals surface area contributed by atoms with Gasteiger partial charge in [0.05, 0.1) is 6.26 Å². The van der Waals surface area contributed by atoms with E-state index in [1.807, 2.05) is 13.0 Å². The normalized spacial score (nSPS) is 10.5. The predicted octanol–water partition coefficient (Wildman–Crippen LogP) is 1.81. The molecule has 54 valence electrons. The molecule has 0 aliphatic rings. The summed E-state index contributed by atoms with van der Waals surface area (Å²) in [5.74, 6) is -0.444. The monoisotopic (exact) mass is 138 g/mol. The molecule has 2 heteroatoms. The van der Waals surface area contributed by atoms with Gasteiger partial charge in [0.25, 0.3) is 0 Å². The molecule has 10 heavy (non-hydrogen) atoms.